The van der Waals surface area contributed by atoms with Gasteiger partial charge in [-0.2, -0.15) is 0 Å². The van der Waals surface area contributed by atoms with Crippen molar-refractivity contribution in [1.29, 1.82) is 0 Å². The van der Waals surface area contributed by atoms with E-state index < -0.39 is 12.0 Å². The van der Waals surface area contributed by atoms with Gasteiger partial charge in [0.15, 0.2) is 0 Å². The molecule has 0 spiro atoms. The first-order chi connectivity index (χ1) is 8.54. The van der Waals surface area contributed by atoms with Crippen molar-refractivity contribution in [1.82, 2.24) is 5.32 Å². The highest BCUT2D eigenvalue weighted by Gasteiger charge is 2.19. The fourth-order valence-electron chi connectivity index (χ4n) is 1.71. The van der Waals surface area contributed by atoms with E-state index in [4.69, 9.17) is 9.84 Å². The van der Waals surface area contributed by atoms with Gasteiger partial charge in [0.25, 0.3) is 0 Å². The summed E-state index contributed by atoms with van der Waals surface area (Å²) in [5.41, 5.74) is 0.678. The van der Waals surface area contributed by atoms with E-state index in [1.807, 2.05) is 6.92 Å². The third-order valence-corrected chi connectivity index (χ3v) is 2.35. The number of carboxylic acids is 1. The number of carboxylic acid groups (broad SMARTS) is 1. The van der Waals surface area contributed by atoms with Gasteiger partial charge in [-0.25, -0.2) is 0 Å². The molecule has 0 aliphatic carbocycles. The molecule has 1 rings (SSSR count). The Bertz CT molecular complexity index is 415. The van der Waals surface area contributed by atoms with Gasteiger partial charge in [0.05, 0.1) is 19.1 Å². The molecule has 0 bridgehead atoms. The maximum Gasteiger partial charge on any atom is 0.305 e. The lowest BCUT2D eigenvalue weighted by Crippen LogP contribution is -2.28. The van der Waals surface area contributed by atoms with Crippen LogP contribution in [0.2, 0.25) is 0 Å². The predicted octanol–water partition coefficient (Wildman–Crippen LogP) is 1.74. The molecule has 0 saturated heterocycles. The van der Waals surface area contributed by atoms with Gasteiger partial charge in [-0.3, -0.25) is 9.59 Å². The number of rotatable bonds is 6. The zero-order valence-electron chi connectivity index (χ0n) is 10.5. The summed E-state index contributed by atoms with van der Waals surface area (Å²) < 4.78 is 5.44. The highest BCUT2D eigenvalue weighted by Crippen LogP contribution is 2.27. The third-order valence-electron chi connectivity index (χ3n) is 2.35. The second-order valence-electron chi connectivity index (χ2n) is 3.82. The summed E-state index contributed by atoms with van der Waals surface area (Å²) in [5, 5.41) is 11.5. The van der Waals surface area contributed by atoms with Crippen LogP contribution in [0.3, 0.4) is 0 Å². The molecule has 1 aromatic carbocycles. The van der Waals surface area contributed by atoms with Gasteiger partial charge in [0.2, 0.25) is 5.91 Å². The lowest BCUT2D eigenvalue weighted by molar-refractivity contribution is -0.137. The minimum Gasteiger partial charge on any atom is -0.494 e. The molecule has 0 aromatic heterocycles. The summed E-state index contributed by atoms with van der Waals surface area (Å²) in [4.78, 5) is 22.0. The molecule has 0 aliphatic heterocycles. The molecule has 5 heteroatoms. The Morgan fingerprint density at radius 2 is 2.06 bits per heavy atom. The number of hydrogen-bond acceptors (Lipinski definition) is 3. The van der Waals surface area contributed by atoms with Gasteiger partial charge < -0.3 is 15.2 Å². The Balaban J connectivity index is 3.02. The molecule has 1 atom stereocenters. The number of amides is 1. The van der Waals surface area contributed by atoms with Gasteiger partial charge in [-0.1, -0.05) is 18.2 Å². The Kier molecular flexibility index (Phi) is 5.17. The van der Waals surface area contributed by atoms with Crippen molar-refractivity contribution in [3.05, 3.63) is 29.8 Å². The fraction of sp³-hybridized carbons (Fsp3) is 0.385. The third kappa shape index (κ3) is 4.08. The molecule has 0 unspecified atom stereocenters. The van der Waals surface area contributed by atoms with E-state index in [1.54, 1.807) is 24.3 Å². The standard InChI is InChI=1S/C13H17NO4/c1-3-18-12-7-5-4-6-10(12)11(8-13(16)17)14-9(2)15/h4-7,11H,3,8H2,1-2H3,(H,14,15)(H,16,17)/t11-/m1/s1. The van der Waals surface area contributed by atoms with Crippen LogP contribution in [0.1, 0.15) is 31.9 Å². The van der Waals surface area contributed by atoms with Crippen molar-refractivity contribution in [2.75, 3.05) is 6.61 Å². The predicted molar refractivity (Wildman–Crippen MR) is 66.4 cm³/mol. The summed E-state index contributed by atoms with van der Waals surface area (Å²) in [6.45, 7) is 3.69. The second-order valence-corrected chi connectivity index (χ2v) is 3.82. The zero-order valence-corrected chi connectivity index (χ0v) is 10.5. The van der Waals surface area contributed by atoms with E-state index >= 15 is 0 Å². The van der Waals surface area contributed by atoms with Crippen LogP contribution in [0.25, 0.3) is 0 Å². The molecule has 1 amide bonds. The highest BCUT2D eigenvalue weighted by molar-refractivity contribution is 5.75. The van der Waals surface area contributed by atoms with Crippen molar-refractivity contribution in [2.45, 2.75) is 26.3 Å². The van der Waals surface area contributed by atoms with Gasteiger partial charge >= 0.3 is 5.97 Å². The number of hydrogen-bond donors (Lipinski definition) is 2. The molecule has 1 aromatic rings. The number of para-hydroxylation sites is 1. The van der Waals surface area contributed by atoms with Crippen LogP contribution in [0.4, 0.5) is 0 Å². The van der Waals surface area contributed by atoms with Crippen LogP contribution in [0, 0.1) is 0 Å². The van der Waals surface area contributed by atoms with Gasteiger partial charge in [-0.05, 0) is 13.0 Å². The number of ether oxygens (including phenoxy) is 1. The molecule has 18 heavy (non-hydrogen) atoms. The topological polar surface area (TPSA) is 75.6 Å². The van der Waals surface area contributed by atoms with Crippen molar-refractivity contribution >= 4 is 11.9 Å². The summed E-state index contributed by atoms with van der Waals surface area (Å²) >= 11 is 0. The molecule has 0 heterocycles. The number of carbonyl (C=O) groups is 2. The quantitative estimate of drug-likeness (QED) is 0.807. The number of aliphatic carboxylic acids is 1. The fourth-order valence-corrected chi connectivity index (χ4v) is 1.71. The number of carbonyl (C=O) groups excluding carboxylic acids is 1. The molecule has 0 saturated carbocycles. The van der Waals surface area contributed by atoms with Gasteiger partial charge in [0, 0.05) is 12.5 Å². The molecule has 5 nitrogen and oxygen atoms in total. The van der Waals surface area contributed by atoms with Crippen molar-refractivity contribution in [2.24, 2.45) is 0 Å². The second kappa shape index (κ2) is 6.64. The van der Waals surface area contributed by atoms with Crippen LogP contribution < -0.4 is 10.1 Å². The number of nitrogens with one attached hydrogen (secondary N) is 1. The van der Waals surface area contributed by atoms with Crippen LogP contribution in [0.15, 0.2) is 24.3 Å². The molecule has 0 radical (unpaired) electrons. The Labute approximate surface area is 106 Å². The Morgan fingerprint density at radius 1 is 1.39 bits per heavy atom. The van der Waals surface area contributed by atoms with E-state index in [2.05, 4.69) is 5.32 Å². The molecule has 0 aliphatic rings. The van der Waals surface area contributed by atoms with E-state index in [-0.39, 0.29) is 12.3 Å². The minimum atomic E-state index is -0.972. The van der Waals surface area contributed by atoms with E-state index in [1.165, 1.54) is 6.92 Å². The maximum absolute atomic E-state index is 11.1. The van der Waals surface area contributed by atoms with E-state index in [0.717, 1.165) is 0 Å². The molecular weight excluding hydrogens is 234 g/mol. The minimum absolute atomic E-state index is 0.177. The first kappa shape index (κ1) is 14.0. The van der Waals surface area contributed by atoms with Gasteiger partial charge in [0.1, 0.15) is 5.75 Å². The normalized spacial score (nSPS) is 11.7. The largest absolute Gasteiger partial charge is 0.494 e. The average molecular weight is 251 g/mol. The lowest BCUT2D eigenvalue weighted by atomic mass is 10.0. The van der Waals surface area contributed by atoms with Crippen LogP contribution >= 0.6 is 0 Å². The molecule has 98 valence electrons. The smallest absolute Gasteiger partial charge is 0.305 e. The first-order valence-electron chi connectivity index (χ1n) is 5.75. The number of benzene rings is 1. The van der Waals surface area contributed by atoms with Crippen molar-refractivity contribution < 1.29 is 19.4 Å². The summed E-state index contributed by atoms with van der Waals surface area (Å²) in [7, 11) is 0. The van der Waals surface area contributed by atoms with Gasteiger partial charge in [-0.15, -0.1) is 0 Å². The van der Waals surface area contributed by atoms with Crippen molar-refractivity contribution in [3.63, 3.8) is 0 Å². The zero-order chi connectivity index (χ0) is 13.5. The van der Waals surface area contributed by atoms with Crippen LogP contribution in [-0.2, 0) is 9.59 Å². The van der Waals surface area contributed by atoms with E-state index in [9.17, 15) is 9.59 Å². The highest BCUT2D eigenvalue weighted by atomic mass is 16.5. The van der Waals surface area contributed by atoms with Crippen LogP contribution in [-0.4, -0.2) is 23.6 Å². The summed E-state index contributed by atoms with van der Waals surface area (Å²) in [6, 6.07) is 6.53. The maximum atomic E-state index is 11.1. The first-order valence-corrected chi connectivity index (χ1v) is 5.75. The van der Waals surface area contributed by atoms with Crippen LogP contribution in [0.5, 0.6) is 5.75 Å². The van der Waals surface area contributed by atoms with Crippen molar-refractivity contribution in [3.8, 4) is 5.75 Å². The molecule has 2 N–H and O–H groups in total. The molecular formula is C13H17NO4. The lowest BCUT2D eigenvalue weighted by Gasteiger charge is -2.19. The Morgan fingerprint density at radius 3 is 2.61 bits per heavy atom. The van der Waals surface area contributed by atoms with E-state index in [0.29, 0.717) is 17.9 Å². The summed E-state index contributed by atoms with van der Waals surface area (Å²) in [6.07, 6.45) is -0.177. The SMILES string of the molecule is CCOc1ccccc1[C@@H](CC(=O)O)NC(C)=O. The Hall–Kier alpha value is -2.04. The monoisotopic (exact) mass is 251 g/mol. The molecule has 0 fully saturated rings. The summed E-state index contributed by atoms with van der Waals surface area (Å²) in [5.74, 6) is -0.646. The average Bonchev–Trinajstić information content (AvgIpc) is 2.28.